The summed E-state index contributed by atoms with van der Waals surface area (Å²) in [6, 6.07) is 6.50. The SMILES string of the molecule is CC1(C(O)CCc2ccc3c(c2)CCO3)CCCCC1. The van der Waals surface area contributed by atoms with E-state index in [0.29, 0.717) is 0 Å². The summed E-state index contributed by atoms with van der Waals surface area (Å²) in [6.45, 7) is 3.09. The van der Waals surface area contributed by atoms with E-state index in [4.69, 9.17) is 4.74 Å². The summed E-state index contributed by atoms with van der Waals surface area (Å²) in [5.41, 5.74) is 2.83. The number of ether oxygens (including phenoxy) is 1. The first kappa shape index (κ1) is 13.9. The van der Waals surface area contributed by atoms with Crippen molar-refractivity contribution in [1.29, 1.82) is 0 Å². The average molecular weight is 274 g/mol. The van der Waals surface area contributed by atoms with Gasteiger partial charge in [-0.1, -0.05) is 38.3 Å². The predicted molar refractivity (Wildman–Crippen MR) is 81.2 cm³/mol. The Hall–Kier alpha value is -1.02. The first-order valence-corrected chi connectivity index (χ1v) is 8.10. The van der Waals surface area contributed by atoms with Gasteiger partial charge in [0, 0.05) is 6.42 Å². The van der Waals surface area contributed by atoms with Crippen LogP contribution in [0.5, 0.6) is 5.75 Å². The van der Waals surface area contributed by atoms with Gasteiger partial charge in [-0.05, 0) is 48.3 Å². The smallest absolute Gasteiger partial charge is 0.122 e. The minimum Gasteiger partial charge on any atom is -0.493 e. The molecule has 2 heteroatoms. The molecule has 1 aliphatic carbocycles. The Morgan fingerprint density at radius 3 is 2.85 bits per heavy atom. The third-order valence-electron chi connectivity index (χ3n) is 5.26. The molecule has 0 bridgehead atoms. The molecule has 1 aliphatic heterocycles. The molecule has 1 saturated carbocycles. The second-order valence-corrected chi connectivity index (χ2v) is 6.81. The van der Waals surface area contributed by atoms with E-state index in [1.54, 1.807) is 0 Å². The topological polar surface area (TPSA) is 29.5 Å². The molecule has 2 nitrogen and oxygen atoms in total. The van der Waals surface area contributed by atoms with Crippen molar-refractivity contribution in [3.8, 4) is 5.75 Å². The Morgan fingerprint density at radius 2 is 2.05 bits per heavy atom. The number of fused-ring (bicyclic) bond motifs is 1. The van der Waals surface area contributed by atoms with Gasteiger partial charge >= 0.3 is 0 Å². The molecular weight excluding hydrogens is 248 g/mol. The Kier molecular flexibility index (Phi) is 4.02. The molecule has 0 radical (unpaired) electrons. The van der Waals surface area contributed by atoms with Crippen molar-refractivity contribution >= 4 is 0 Å². The first-order valence-electron chi connectivity index (χ1n) is 8.10. The fourth-order valence-electron chi connectivity index (χ4n) is 3.74. The Bertz CT molecular complexity index is 460. The van der Waals surface area contributed by atoms with Gasteiger partial charge in [0.2, 0.25) is 0 Å². The molecule has 0 amide bonds. The summed E-state index contributed by atoms with van der Waals surface area (Å²) in [7, 11) is 0. The van der Waals surface area contributed by atoms with Crippen LogP contribution in [0.1, 0.15) is 56.6 Å². The Balaban J connectivity index is 1.58. The highest BCUT2D eigenvalue weighted by Gasteiger charge is 2.33. The van der Waals surface area contributed by atoms with E-state index < -0.39 is 0 Å². The molecule has 1 aromatic rings. The van der Waals surface area contributed by atoms with Gasteiger partial charge in [-0.2, -0.15) is 0 Å². The van der Waals surface area contributed by atoms with Gasteiger partial charge < -0.3 is 9.84 Å². The zero-order chi connectivity index (χ0) is 14.0. The quantitative estimate of drug-likeness (QED) is 0.902. The largest absolute Gasteiger partial charge is 0.493 e. The monoisotopic (exact) mass is 274 g/mol. The average Bonchev–Trinajstić information content (AvgIpc) is 2.93. The van der Waals surface area contributed by atoms with Crippen LogP contribution in [0.25, 0.3) is 0 Å². The second kappa shape index (κ2) is 5.77. The van der Waals surface area contributed by atoms with E-state index >= 15 is 0 Å². The minimum atomic E-state index is -0.160. The van der Waals surface area contributed by atoms with E-state index in [-0.39, 0.29) is 11.5 Å². The molecule has 3 rings (SSSR count). The van der Waals surface area contributed by atoms with Crippen LogP contribution in [-0.4, -0.2) is 17.8 Å². The highest BCUT2D eigenvalue weighted by atomic mass is 16.5. The Morgan fingerprint density at radius 1 is 1.25 bits per heavy atom. The van der Waals surface area contributed by atoms with E-state index in [9.17, 15) is 5.11 Å². The molecule has 0 aromatic heterocycles. The van der Waals surface area contributed by atoms with Crippen LogP contribution in [0.2, 0.25) is 0 Å². The molecule has 0 spiro atoms. The van der Waals surface area contributed by atoms with Crippen LogP contribution in [0.15, 0.2) is 18.2 Å². The molecule has 0 saturated heterocycles. The van der Waals surface area contributed by atoms with Crippen molar-refractivity contribution in [3.05, 3.63) is 29.3 Å². The Labute approximate surface area is 122 Å². The number of hydrogen-bond donors (Lipinski definition) is 1. The molecule has 110 valence electrons. The number of aliphatic hydroxyl groups is 1. The maximum atomic E-state index is 10.6. The lowest BCUT2D eigenvalue weighted by atomic mass is 9.70. The van der Waals surface area contributed by atoms with Gasteiger partial charge in [-0.15, -0.1) is 0 Å². The molecule has 1 unspecified atom stereocenters. The first-order chi connectivity index (χ1) is 9.67. The fourth-order valence-corrected chi connectivity index (χ4v) is 3.74. The van der Waals surface area contributed by atoms with Crippen LogP contribution in [0.4, 0.5) is 0 Å². The highest BCUT2D eigenvalue weighted by molar-refractivity contribution is 5.39. The van der Waals surface area contributed by atoms with Crippen molar-refractivity contribution in [1.82, 2.24) is 0 Å². The van der Waals surface area contributed by atoms with Crippen LogP contribution in [0.3, 0.4) is 0 Å². The van der Waals surface area contributed by atoms with Gasteiger partial charge in [0.25, 0.3) is 0 Å². The van der Waals surface area contributed by atoms with E-state index in [1.807, 2.05) is 0 Å². The molecule has 20 heavy (non-hydrogen) atoms. The summed E-state index contributed by atoms with van der Waals surface area (Å²) in [4.78, 5) is 0. The van der Waals surface area contributed by atoms with Gasteiger partial charge in [0.1, 0.15) is 5.75 Å². The van der Waals surface area contributed by atoms with Crippen LogP contribution < -0.4 is 4.74 Å². The standard InChI is InChI=1S/C18H26O2/c1-18(10-3-2-4-11-18)17(19)8-6-14-5-7-16-15(13-14)9-12-20-16/h5,7,13,17,19H,2-4,6,8-12H2,1H3. The summed E-state index contributed by atoms with van der Waals surface area (Å²) in [5, 5.41) is 10.6. The predicted octanol–water partition coefficient (Wildman–Crippen LogP) is 3.89. The molecule has 1 atom stereocenters. The van der Waals surface area contributed by atoms with Gasteiger partial charge in [0.05, 0.1) is 12.7 Å². The molecular formula is C18H26O2. The van der Waals surface area contributed by atoms with Crippen molar-refractivity contribution in [2.45, 2.75) is 64.4 Å². The van der Waals surface area contributed by atoms with Crippen molar-refractivity contribution in [2.75, 3.05) is 6.61 Å². The molecule has 1 aromatic carbocycles. The highest BCUT2D eigenvalue weighted by Crippen LogP contribution is 2.40. The van der Waals surface area contributed by atoms with E-state index in [2.05, 4.69) is 25.1 Å². The number of rotatable bonds is 4. The summed E-state index contributed by atoms with van der Waals surface area (Å²) >= 11 is 0. The van der Waals surface area contributed by atoms with Gasteiger partial charge in [-0.25, -0.2) is 0 Å². The number of aryl methyl sites for hydroxylation is 1. The van der Waals surface area contributed by atoms with Crippen molar-refractivity contribution < 1.29 is 9.84 Å². The van der Waals surface area contributed by atoms with Crippen LogP contribution >= 0.6 is 0 Å². The van der Waals surface area contributed by atoms with Crippen molar-refractivity contribution in [2.24, 2.45) is 5.41 Å². The normalized spacial score (nSPS) is 22.1. The molecule has 2 aliphatic rings. The van der Waals surface area contributed by atoms with Crippen LogP contribution in [0, 0.1) is 5.41 Å². The number of benzene rings is 1. The summed E-state index contributed by atoms with van der Waals surface area (Å²) in [6.07, 6.45) is 9.01. The van der Waals surface area contributed by atoms with Gasteiger partial charge in [0.15, 0.2) is 0 Å². The van der Waals surface area contributed by atoms with Gasteiger partial charge in [-0.3, -0.25) is 0 Å². The third kappa shape index (κ3) is 2.85. The third-order valence-corrected chi connectivity index (χ3v) is 5.26. The lowest BCUT2D eigenvalue weighted by molar-refractivity contribution is 0.00454. The minimum absolute atomic E-state index is 0.151. The maximum Gasteiger partial charge on any atom is 0.122 e. The maximum absolute atomic E-state index is 10.6. The lowest BCUT2D eigenvalue weighted by Gasteiger charge is -2.38. The molecule has 1 heterocycles. The summed E-state index contributed by atoms with van der Waals surface area (Å²) < 4.78 is 5.54. The summed E-state index contributed by atoms with van der Waals surface area (Å²) in [5.74, 6) is 1.05. The van der Waals surface area contributed by atoms with E-state index in [0.717, 1.165) is 31.6 Å². The second-order valence-electron chi connectivity index (χ2n) is 6.81. The van der Waals surface area contributed by atoms with E-state index in [1.165, 1.54) is 43.2 Å². The molecule has 1 fully saturated rings. The zero-order valence-corrected chi connectivity index (χ0v) is 12.5. The zero-order valence-electron chi connectivity index (χ0n) is 12.5. The van der Waals surface area contributed by atoms with Crippen LogP contribution in [-0.2, 0) is 12.8 Å². The molecule has 1 N–H and O–H groups in total. The fraction of sp³-hybridized carbons (Fsp3) is 0.667. The lowest BCUT2D eigenvalue weighted by Crippen LogP contribution is -2.34. The number of hydrogen-bond acceptors (Lipinski definition) is 2. The van der Waals surface area contributed by atoms with Crippen molar-refractivity contribution in [3.63, 3.8) is 0 Å². The number of aliphatic hydroxyl groups excluding tert-OH is 1.